The van der Waals surface area contributed by atoms with Crippen molar-refractivity contribution < 1.29 is 14.0 Å². The van der Waals surface area contributed by atoms with E-state index in [2.05, 4.69) is 20.4 Å². The molecule has 0 bridgehead atoms. The lowest BCUT2D eigenvalue weighted by atomic mass is 9.96. The molecule has 2 N–H and O–H groups in total. The zero-order valence-electron chi connectivity index (χ0n) is 18.1. The Hall–Kier alpha value is -4.34. The Morgan fingerprint density at radius 1 is 1.12 bits per heavy atom. The molecule has 0 spiro atoms. The van der Waals surface area contributed by atoms with Crippen LogP contribution in [0.2, 0.25) is 0 Å². The number of carbonyl (C=O) groups excluding carboxylic acids is 2. The maximum Gasteiger partial charge on any atom is 0.261 e. The van der Waals surface area contributed by atoms with Crippen LogP contribution in [0.3, 0.4) is 0 Å². The molecule has 34 heavy (non-hydrogen) atoms. The van der Waals surface area contributed by atoms with E-state index in [0.29, 0.717) is 47.4 Å². The normalized spacial score (nSPS) is 15.9. The first-order chi connectivity index (χ1) is 16.5. The van der Waals surface area contributed by atoms with E-state index in [4.69, 9.17) is 0 Å². The molecule has 172 valence electrons. The monoisotopic (exact) mass is 460 g/mol. The maximum absolute atomic E-state index is 13.2. The molecule has 1 atom stereocenters. The summed E-state index contributed by atoms with van der Waals surface area (Å²) in [6.07, 6.45) is 4.06. The number of rotatable bonds is 4. The highest BCUT2D eigenvalue weighted by molar-refractivity contribution is 5.97. The van der Waals surface area contributed by atoms with Gasteiger partial charge < -0.3 is 15.2 Å². The number of benzene rings is 2. The standard InChI is InChI=1S/C24H21FN6O3/c25-17-9-7-15(8-10-17)24(34)30-11-3-4-16(13-30)22(32)29-19-5-1-2-6-20(19)31-21-18(12-28-31)23(33)27-14-26-21/h1-2,5-10,12,14,16H,3-4,11,13H2,(H,29,32)(H,26,27,33). The van der Waals surface area contributed by atoms with E-state index in [0.717, 1.165) is 0 Å². The summed E-state index contributed by atoms with van der Waals surface area (Å²) in [7, 11) is 0. The highest BCUT2D eigenvalue weighted by Gasteiger charge is 2.29. The molecule has 1 aliphatic heterocycles. The molecule has 9 nitrogen and oxygen atoms in total. The van der Waals surface area contributed by atoms with E-state index in [-0.39, 0.29) is 23.9 Å². The first-order valence-corrected chi connectivity index (χ1v) is 10.9. The van der Waals surface area contributed by atoms with Crippen molar-refractivity contribution in [2.45, 2.75) is 12.8 Å². The van der Waals surface area contributed by atoms with E-state index in [1.807, 2.05) is 0 Å². The molecule has 2 aromatic heterocycles. The zero-order chi connectivity index (χ0) is 23.7. The van der Waals surface area contributed by atoms with Crippen molar-refractivity contribution in [1.82, 2.24) is 24.6 Å². The first kappa shape index (κ1) is 21.5. The van der Waals surface area contributed by atoms with Gasteiger partial charge in [0.15, 0.2) is 5.65 Å². The lowest BCUT2D eigenvalue weighted by Crippen LogP contribution is -2.43. The number of likely N-dealkylation sites (tertiary alicyclic amines) is 1. The second kappa shape index (κ2) is 8.89. The van der Waals surface area contributed by atoms with Crippen LogP contribution in [0.5, 0.6) is 0 Å². The summed E-state index contributed by atoms with van der Waals surface area (Å²) in [6.45, 7) is 0.807. The number of aromatic nitrogens is 4. The summed E-state index contributed by atoms with van der Waals surface area (Å²) in [5.41, 5.74) is 1.55. The third-order valence-corrected chi connectivity index (χ3v) is 5.93. The number of hydrogen-bond donors (Lipinski definition) is 2. The fourth-order valence-electron chi connectivity index (χ4n) is 4.18. The predicted molar refractivity (Wildman–Crippen MR) is 123 cm³/mol. The number of amides is 2. The predicted octanol–water partition coefficient (Wildman–Crippen LogP) is 2.74. The quantitative estimate of drug-likeness (QED) is 0.486. The van der Waals surface area contributed by atoms with Crippen LogP contribution in [-0.2, 0) is 4.79 Å². The summed E-state index contributed by atoms with van der Waals surface area (Å²) < 4.78 is 14.7. The molecule has 1 unspecified atom stereocenters. The largest absolute Gasteiger partial charge is 0.338 e. The number of para-hydroxylation sites is 2. The van der Waals surface area contributed by atoms with Gasteiger partial charge in [-0.15, -0.1) is 0 Å². The Balaban J connectivity index is 1.36. The molecular formula is C24H21FN6O3. The Kier molecular flexibility index (Phi) is 5.62. The molecule has 10 heteroatoms. The molecule has 5 rings (SSSR count). The topological polar surface area (TPSA) is 113 Å². The molecule has 1 saturated heterocycles. The molecule has 1 aliphatic rings. The number of carbonyl (C=O) groups is 2. The number of H-pyrrole nitrogens is 1. The molecular weight excluding hydrogens is 439 g/mol. The highest BCUT2D eigenvalue weighted by Crippen LogP contribution is 2.25. The Morgan fingerprint density at radius 2 is 1.91 bits per heavy atom. The van der Waals surface area contributed by atoms with Crippen molar-refractivity contribution >= 4 is 28.5 Å². The molecule has 0 radical (unpaired) electrons. The third kappa shape index (κ3) is 4.05. The Morgan fingerprint density at radius 3 is 2.74 bits per heavy atom. The number of hydrogen-bond acceptors (Lipinski definition) is 5. The average molecular weight is 460 g/mol. The molecule has 3 heterocycles. The van der Waals surface area contributed by atoms with Crippen LogP contribution in [-0.4, -0.2) is 49.6 Å². The van der Waals surface area contributed by atoms with Gasteiger partial charge in [0, 0.05) is 18.7 Å². The van der Waals surface area contributed by atoms with Crippen LogP contribution in [0.4, 0.5) is 10.1 Å². The summed E-state index contributed by atoms with van der Waals surface area (Å²) in [4.78, 5) is 46.4. The smallest absolute Gasteiger partial charge is 0.261 e. The van der Waals surface area contributed by atoms with E-state index < -0.39 is 11.7 Å². The van der Waals surface area contributed by atoms with Crippen LogP contribution in [0.15, 0.2) is 65.8 Å². The van der Waals surface area contributed by atoms with Crippen LogP contribution >= 0.6 is 0 Å². The Labute approximate surface area is 193 Å². The molecule has 2 amide bonds. The van der Waals surface area contributed by atoms with Gasteiger partial charge >= 0.3 is 0 Å². The van der Waals surface area contributed by atoms with Gasteiger partial charge in [0.2, 0.25) is 5.91 Å². The van der Waals surface area contributed by atoms with E-state index in [1.54, 1.807) is 29.2 Å². The minimum atomic E-state index is -0.407. The van der Waals surface area contributed by atoms with Gasteiger partial charge in [0.25, 0.3) is 11.5 Å². The summed E-state index contributed by atoms with van der Waals surface area (Å²) >= 11 is 0. The number of piperidine rings is 1. The van der Waals surface area contributed by atoms with Gasteiger partial charge in [0.05, 0.1) is 29.8 Å². The van der Waals surface area contributed by atoms with Gasteiger partial charge in [-0.2, -0.15) is 5.10 Å². The van der Waals surface area contributed by atoms with Gasteiger partial charge in [-0.3, -0.25) is 14.4 Å². The van der Waals surface area contributed by atoms with Gasteiger partial charge in [-0.25, -0.2) is 14.1 Å². The SMILES string of the molecule is O=C(Nc1ccccc1-n1ncc2c(=O)[nH]cnc21)C1CCCN(C(=O)c2ccc(F)cc2)C1. The fourth-order valence-corrected chi connectivity index (χ4v) is 4.18. The maximum atomic E-state index is 13.2. The van der Waals surface area contributed by atoms with Gasteiger partial charge in [-0.05, 0) is 49.2 Å². The zero-order valence-corrected chi connectivity index (χ0v) is 18.1. The highest BCUT2D eigenvalue weighted by atomic mass is 19.1. The van der Waals surface area contributed by atoms with Crippen LogP contribution < -0.4 is 10.9 Å². The van der Waals surface area contributed by atoms with E-state index in [1.165, 1.54) is 41.5 Å². The van der Waals surface area contributed by atoms with Crippen molar-refractivity contribution in [3.05, 3.63) is 82.8 Å². The summed E-state index contributed by atoms with van der Waals surface area (Å²) in [5.74, 6) is -1.25. The molecule has 4 aromatic rings. The number of halogens is 1. The van der Waals surface area contributed by atoms with Crippen molar-refractivity contribution in [2.24, 2.45) is 5.92 Å². The lowest BCUT2D eigenvalue weighted by Gasteiger charge is -2.32. The second-order valence-electron chi connectivity index (χ2n) is 8.13. The fraction of sp³-hybridized carbons (Fsp3) is 0.208. The molecule has 0 saturated carbocycles. The van der Waals surface area contributed by atoms with E-state index >= 15 is 0 Å². The van der Waals surface area contributed by atoms with Crippen molar-refractivity contribution in [2.75, 3.05) is 18.4 Å². The third-order valence-electron chi connectivity index (χ3n) is 5.93. The van der Waals surface area contributed by atoms with Crippen LogP contribution in [0.25, 0.3) is 16.7 Å². The van der Waals surface area contributed by atoms with Gasteiger partial charge in [0.1, 0.15) is 11.2 Å². The number of fused-ring (bicyclic) bond motifs is 1. The Bertz CT molecular complexity index is 1430. The minimum absolute atomic E-state index is 0.216. The number of anilines is 1. The molecule has 1 fully saturated rings. The molecule has 0 aliphatic carbocycles. The summed E-state index contributed by atoms with van der Waals surface area (Å²) in [6, 6.07) is 12.5. The first-order valence-electron chi connectivity index (χ1n) is 10.9. The van der Waals surface area contributed by atoms with Crippen LogP contribution in [0, 0.1) is 11.7 Å². The number of nitrogens with one attached hydrogen (secondary N) is 2. The molecule has 2 aromatic carbocycles. The van der Waals surface area contributed by atoms with Crippen molar-refractivity contribution in [1.29, 1.82) is 0 Å². The number of aromatic amines is 1. The van der Waals surface area contributed by atoms with Crippen molar-refractivity contribution in [3.63, 3.8) is 0 Å². The lowest BCUT2D eigenvalue weighted by molar-refractivity contribution is -0.121. The van der Waals surface area contributed by atoms with Crippen molar-refractivity contribution in [3.8, 4) is 5.69 Å². The second-order valence-corrected chi connectivity index (χ2v) is 8.13. The average Bonchev–Trinajstić information content (AvgIpc) is 3.30. The number of nitrogens with zero attached hydrogens (tertiary/aromatic N) is 4. The van der Waals surface area contributed by atoms with Crippen LogP contribution in [0.1, 0.15) is 23.2 Å². The summed E-state index contributed by atoms with van der Waals surface area (Å²) in [5, 5.41) is 7.58. The van der Waals surface area contributed by atoms with E-state index in [9.17, 15) is 18.8 Å². The minimum Gasteiger partial charge on any atom is -0.338 e. The van der Waals surface area contributed by atoms with Gasteiger partial charge in [-0.1, -0.05) is 12.1 Å².